The Bertz CT molecular complexity index is 1110. The zero-order chi connectivity index (χ0) is 35.1. The summed E-state index contributed by atoms with van der Waals surface area (Å²) in [5, 5.41) is 0. The lowest BCUT2D eigenvalue weighted by Gasteiger charge is -2.31. The van der Waals surface area contributed by atoms with E-state index < -0.39 is 26.4 Å². The third kappa shape index (κ3) is 13.7. The molecule has 0 aliphatic carbocycles. The minimum Gasteiger partial charge on any atom is -0.440 e. The van der Waals surface area contributed by atoms with Gasteiger partial charge in [-0.1, -0.05) is 222 Å². The van der Waals surface area contributed by atoms with Crippen LogP contribution in [0.1, 0.15) is 153 Å². The van der Waals surface area contributed by atoms with Gasteiger partial charge in [0.25, 0.3) is 9.03 Å². The molecule has 0 atom stereocenters. The molecular formula is C36H51Cl8O2P. The van der Waals surface area contributed by atoms with Gasteiger partial charge in [-0.2, -0.15) is 0 Å². The van der Waals surface area contributed by atoms with Crippen molar-refractivity contribution in [2.75, 3.05) is 0 Å². The monoisotopic (exact) mass is 826 g/mol. The number of rotatable bonds is 24. The Kier molecular flexibility index (Phi) is 20.0. The molecule has 2 aromatic carbocycles. The van der Waals surface area contributed by atoms with Crippen LogP contribution < -0.4 is 9.05 Å². The first kappa shape index (κ1) is 44.0. The van der Waals surface area contributed by atoms with Crippen molar-refractivity contribution in [2.45, 2.75) is 148 Å². The molecular weight excluding hydrogens is 779 g/mol. The van der Waals surface area contributed by atoms with Gasteiger partial charge >= 0.3 is 0 Å². The van der Waals surface area contributed by atoms with Crippen molar-refractivity contribution in [3.63, 3.8) is 0 Å². The highest BCUT2D eigenvalue weighted by atomic mass is 35.5. The van der Waals surface area contributed by atoms with Crippen molar-refractivity contribution < 1.29 is 9.05 Å². The smallest absolute Gasteiger partial charge is 0.275 e. The van der Waals surface area contributed by atoms with Crippen molar-refractivity contribution in [1.29, 1.82) is 0 Å². The fourth-order valence-corrected chi connectivity index (χ4v) is 8.65. The van der Waals surface area contributed by atoms with Crippen LogP contribution in [0.25, 0.3) is 0 Å². The largest absolute Gasteiger partial charge is 0.440 e. The summed E-state index contributed by atoms with van der Waals surface area (Å²) >= 11 is 56.5. The summed E-state index contributed by atoms with van der Waals surface area (Å²) in [6, 6.07) is 11.1. The summed E-state index contributed by atoms with van der Waals surface area (Å²) in [5.41, 5.74) is 2.40. The Labute approximate surface area is 326 Å². The molecule has 47 heavy (non-hydrogen) atoms. The highest BCUT2D eigenvalue weighted by Gasteiger charge is 2.41. The molecule has 11 heteroatoms. The van der Waals surface area contributed by atoms with Crippen molar-refractivity contribution in [3.05, 3.63) is 58.7 Å². The van der Waals surface area contributed by atoms with Gasteiger partial charge in [0.15, 0.2) is 0 Å². The standard InChI is InChI=1S/C36H51Cl8O2P/c1-5-9-13-23-33(37,38)27-19-17-21-29(31(27)35(41,42)25-15-11-7-3)45-47-46-30-22-18-20-28(34(39,40)24-14-10-6-2)32(30)36(43,44)26-16-12-8-4/h17-22,47H,5-16,23-26H2,1-4H3. The number of hydrogen-bond acceptors (Lipinski definition) is 2. The second-order valence-corrected chi connectivity index (χ2v) is 18.8. The zero-order valence-electron chi connectivity index (χ0n) is 28.1. The lowest BCUT2D eigenvalue weighted by molar-refractivity contribution is 0.494. The molecule has 0 N–H and O–H groups in total. The van der Waals surface area contributed by atoms with Gasteiger partial charge in [0, 0.05) is 11.1 Å². The van der Waals surface area contributed by atoms with E-state index in [1.54, 1.807) is 0 Å². The van der Waals surface area contributed by atoms with Crippen molar-refractivity contribution in [1.82, 2.24) is 0 Å². The summed E-state index contributed by atoms with van der Waals surface area (Å²) in [5.74, 6) is 0.909. The summed E-state index contributed by atoms with van der Waals surface area (Å²) in [6.07, 6.45) is 13.7. The van der Waals surface area contributed by atoms with Crippen molar-refractivity contribution >= 4 is 102 Å². The molecule has 0 saturated carbocycles. The Morgan fingerprint density at radius 1 is 0.447 bits per heavy atom. The Morgan fingerprint density at radius 2 is 0.745 bits per heavy atom. The van der Waals surface area contributed by atoms with E-state index in [1.165, 1.54) is 0 Å². The average molecular weight is 830 g/mol. The molecule has 268 valence electrons. The summed E-state index contributed by atoms with van der Waals surface area (Å²) < 4.78 is 7.69. The maximum absolute atomic E-state index is 7.11. The topological polar surface area (TPSA) is 18.5 Å². The molecule has 0 aromatic heterocycles. The van der Waals surface area contributed by atoms with E-state index in [4.69, 9.17) is 102 Å². The first-order chi connectivity index (χ1) is 22.2. The van der Waals surface area contributed by atoms with Crippen LogP contribution in [0.5, 0.6) is 11.5 Å². The summed E-state index contributed by atoms with van der Waals surface area (Å²) in [6.45, 7) is 8.54. The number of alkyl halides is 8. The summed E-state index contributed by atoms with van der Waals surface area (Å²) in [7, 11) is -0.503. The van der Waals surface area contributed by atoms with Gasteiger partial charge in [0.05, 0.1) is 0 Å². The minimum atomic E-state index is -1.29. The maximum atomic E-state index is 7.11. The predicted molar refractivity (Wildman–Crippen MR) is 213 cm³/mol. The van der Waals surface area contributed by atoms with Crippen LogP contribution in [0.4, 0.5) is 0 Å². The lowest BCUT2D eigenvalue weighted by atomic mass is 9.94. The Balaban J connectivity index is 2.52. The number of hydrogen-bond donors (Lipinski definition) is 0. The van der Waals surface area contributed by atoms with Gasteiger partial charge < -0.3 is 9.05 Å². The molecule has 2 nitrogen and oxygen atoms in total. The number of halogens is 8. The molecule has 0 aliphatic heterocycles. The molecule has 0 heterocycles. The number of benzene rings is 2. The predicted octanol–water partition coefficient (Wildman–Crippen LogP) is 16.5. The second kappa shape index (κ2) is 21.3. The van der Waals surface area contributed by atoms with E-state index in [1.807, 2.05) is 36.4 Å². The molecule has 0 aliphatic rings. The molecule has 0 unspecified atom stereocenters. The second-order valence-electron chi connectivity index (χ2n) is 12.3. The Hall–Kier alpha value is 0.790. The number of unbranched alkanes of at least 4 members (excludes halogenated alkanes) is 8. The lowest BCUT2D eigenvalue weighted by Crippen LogP contribution is -2.22. The van der Waals surface area contributed by atoms with Gasteiger partial charge in [0.1, 0.15) is 28.8 Å². The van der Waals surface area contributed by atoms with Crippen molar-refractivity contribution in [3.8, 4) is 11.5 Å². The van der Waals surface area contributed by atoms with Crippen LogP contribution in [0, 0.1) is 0 Å². The van der Waals surface area contributed by atoms with Crippen LogP contribution in [-0.2, 0) is 17.3 Å². The van der Waals surface area contributed by atoms with Gasteiger partial charge in [-0.05, 0) is 48.9 Å². The van der Waals surface area contributed by atoms with E-state index in [9.17, 15) is 0 Å². The van der Waals surface area contributed by atoms with E-state index in [2.05, 4.69) is 27.7 Å². The van der Waals surface area contributed by atoms with Gasteiger partial charge in [0.2, 0.25) is 0 Å². The molecule has 0 spiro atoms. The first-order valence-corrected chi connectivity index (χ1v) is 20.9. The van der Waals surface area contributed by atoms with E-state index in [-0.39, 0.29) is 0 Å². The molecule has 2 aromatic rings. The van der Waals surface area contributed by atoms with Gasteiger partial charge in [-0.3, -0.25) is 0 Å². The van der Waals surface area contributed by atoms with Crippen LogP contribution in [0.3, 0.4) is 0 Å². The third-order valence-corrected chi connectivity index (χ3v) is 11.9. The van der Waals surface area contributed by atoms with Crippen LogP contribution in [0.15, 0.2) is 36.4 Å². The molecule has 2 rings (SSSR count). The zero-order valence-corrected chi connectivity index (χ0v) is 35.2. The highest BCUT2D eigenvalue weighted by molar-refractivity contribution is 7.27. The molecule has 0 saturated heterocycles. The molecule has 0 radical (unpaired) electrons. The van der Waals surface area contributed by atoms with E-state index in [0.717, 1.165) is 77.0 Å². The average Bonchev–Trinajstić information content (AvgIpc) is 3.01. The van der Waals surface area contributed by atoms with Crippen molar-refractivity contribution in [2.24, 2.45) is 0 Å². The van der Waals surface area contributed by atoms with E-state index in [0.29, 0.717) is 59.4 Å². The van der Waals surface area contributed by atoms with Crippen LogP contribution >= 0.6 is 102 Å². The first-order valence-electron chi connectivity index (χ1n) is 17.1. The Morgan fingerprint density at radius 3 is 1.04 bits per heavy atom. The van der Waals surface area contributed by atoms with Gasteiger partial charge in [-0.15, -0.1) is 0 Å². The SMILES string of the molecule is CCCCCC(Cl)(Cl)c1cccc(OPOc2cccc(C(Cl)(Cl)CCCCC)c2C(Cl)(Cl)CCCCC)c1C(Cl)(Cl)CCCCC. The molecule has 0 fully saturated rings. The summed E-state index contributed by atoms with van der Waals surface area (Å²) in [4.78, 5) is 0. The fraction of sp³-hybridized carbons (Fsp3) is 0.667. The third-order valence-electron chi connectivity index (χ3n) is 8.25. The normalized spacial score (nSPS) is 12.9. The van der Waals surface area contributed by atoms with E-state index >= 15 is 0 Å². The molecule has 0 amide bonds. The highest BCUT2D eigenvalue weighted by Crippen LogP contribution is 2.54. The molecule has 0 bridgehead atoms. The maximum Gasteiger partial charge on any atom is 0.275 e. The quantitative estimate of drug-likeness (QED) is 0.0596. The van der Waals surface area contributed by atoms with Crippen LogP contribution in [0.2, 0.25) is 0 Å². The van der Waals surface area contributed by atoms with Gasteiger partial charge in [-0.25, -0.2) is 0 Å². The fourth-order valence-electron chi connectivity index (χ4n) is 5.61. The van der Waals surface area contributed by atoms with Crippen LogP contribution in [-0.4, -0.2) is 0 Å². The minimum absolute atomic E-state index is 0.454.